The maximum Gasteiger partial charge on any atom is 0.277 e. The molecule has 40 heavy (non-hydrogen) atoms. The summed E-state index contributed by atoms with van der Waals surface area (Å²) < 4.78 is 38.6. The Kier molecular flexibility index (Phi) is 5.93. The third-order valence-electron chi connectivity index (χ3n) is 9.38. The van der Waals surface area contributed by atoms with Crippen LogP contribution in [0, 0.1) is 12.8 Å². The fourth-order valence-electron chi connectivity index (χ4n) is 7.51. The van der Waals surface area contributed by atoms with Crippen LogP contribution in [-0.4, -0.2) is 84.5 Å². The Bertz CT molecular complexity index is 1400. The largest absolute Gasteiger partial charge is 0.506 e. The predicted octanol–water partition coefficient (Wildman–Crippen LogP) is 1.76. The zero-order chi connectivity index (χ0) is 28.0. The topological polar surface area (TPSA) is 162 Å². The van der Waals surface area contributed by atoms with E-state index >= 15 is 0 Å². The molecule has 11 nitrogen and oxygen atoms in total. The number of nitrogens with two attached hydrogens (primary N) is 1. The molecule has 0 aromatic heterocycles. The molecule has 1 spiro atoms. The number of ether oxygens (including phenoxy) is 6. The molecule has 2 aromatic carbocycles. The van der Waals surface area contributed by atoms with E-state index in [0.29, 0.717) is 65.6 Å². The molecule has 0 radical (unpaired) electrons. The van der Waals surface area contributed by atoms with Gasteiger partial charge in [-0.1, -0.05) is 0 Å². The van der Waals surface area contributed by atoms with Gasteiger partial charge in [-0.3, -0.25) is 4.79 Å². The number of carbonyl (C=O) groups is 1. The monoisotopic (exact) mass is 557 g/mol. The molecule has 2 aromatic rings. The van der Waals surface area contributed by atoms with E-state index < -0.39 is 48.5 Å². The number of epoxide rings is 1. The third-order valence-corrected chi connectivity index (χ3v) is 9.38. The van der Waals surface area contributed by atoms with Gasteiger partial charge in [0.2, 0.25) is 11.4 Å². The number of aliphatic hydroxyl groups is 2. The summed E-state index contributed by atoms with van der Waals surface area (Å²) >= 11 is 0. The number of carbonyl (C=O) groups excluding carboxylic acids is 1. The number of aromatic hydroxyl groups is 1. The zero-order valence-electron chi connectivity index (χ0n) is 22.7. The Balaban J connectivity index is 1.49. The van der Waals surface area contributed by atoms with E-state index in [-0.39, 0.29) is 30.3 Å². The average molecular weight is 558 g/mol. The number of benzene rings is 2. The first-order chi connectivity index (χ1) is 19.3. The van der Waals surface area contributed by atoms with Crippen molar-refractivity contribution in [1.82, 2.24) is 0 Å². The molecule has 4 aliphatic heterocycles. The summed E-state index contributed by atoms with van der Waals surface area (Å²) in [6, 6.07) is 1.91. The van der Waals surface area contributed by atoms with E-state index in [9.17, 15) is 20.1 Å². The number of phenols is 1. The SMILES string of the molecule is COc1c2c(c(O)c3c4c(c(C)cc13)C1OC3(C(CO)CO)OC1[C@@](OCCCCN)(O4)[C@@]31CO1)C(=O)CCC2. The van der Waals surface area contributed by atoms with Gasteiger partial charge in [-0.2, -0.15) is 0 Å². The first-order valence-electron chi connectivity index (χ1n) is 14.0. The van der Waals surface area contributed by atoms with Crippen LogP contribution in [0.15, 0.2) is 6.07 Å². The Morgan fingerprint density at radius 3 is 2.65 bits per heavy atom. The number of rotatable bonds is 9. The van der Waals surface area contributed by atoms with Crippen LogP contribution in [0.4, 0.5) is 0 Å². The highest BCUT2D eigenvalue weighted by Gasteiger charge is 2.92. The number of ketones is 1. The Labute approximate surface area is 231 Å². The molecule has 3 fully saturated rings. The number of unbranched alkanes of at least 4 members (excludes halogenated alkanes) is 1. The number of methoxy groups -OCH3 is 1. The standard InChI is InChI=1S/C29H35NO10/c1-14-10-17-21(22(34)20-16(23(17)35-2)6-5-7-18(20)33)24-19(14)25-26-29(38-24,36-9-4-3-8-30)27(13-37-27)28(39-25,40-26)15(11-31)12-32/h10,15,25-26,31-32,34H,3-9,11-13,30H2,1-2H3/t25?,26?,27-,28?,29-/m1/s1. The highest BCUT2D eigenvalue weighted by molar-refractivity contribution is 6.11. The van der Waals surface area contributed by atoms with Crippen LogP contribution in [0.25, 0.3) is 10.8 Å². The minimum absolute atomic E-state index is 0.145. The van der Waals surface area contributed by atoms with E-state index in [1.807, 2.05) is 13.0 Å². The van der Waals surface area contributed by atoms with Crippen LogP contribution in [0.5, 0.6) is 17.2 Å². The number of aryl methyl sites for hydroxylation is 1. The fourth-order valence-corrected chi connectivity index (χ4v) is 7.51. The van der Waals surface area contributed by atoms with Crippen molar-refractivity contribution in [2.45, 2.75) is 68.4 Å². The maximum absolute atomic E-state index is 13.1. The lowest BCUT2D eigenvalue weighted by Crippen LogP contribution is -2.69. The Morgan fingerprint density at radius 2 is 1.98 bits per heavy atom. The summed E-state index contributed by atoms with van der Waals surface area (Å²) in [5.41, 5.74) is 6.86. The van der Waals surface area contributed by atoms with Gasteiger partial charge in [0.15, 0.2) is 11.9 Å². The quantitative estimate of drug-likeness (QED) is 0.262. The molecule has 2 bridgehead atoms. The van der Waals surface area contributed by atoms with Gasteiger partial charge in [0.1, 0.15) is 23.4 Å². The summed E-state index contributed by atoms with van der Waals surface area (Å²) in [5, 5.41) is 33.1. The van der Waals surface area contributed by atoms with Crippen LogP contribution in [0.3, 0.4) is 0 Å². The lowest BCUT2D eigenvalue weighted by molar-refractivity contribution is -0.311. The molecule has 3 saturated heterocycles. The first kappa shape index (κ1) is 26.4. The van der Waals surface area contributed by atoms with Crippen molar-refractivity contribution in [3.05, 3.63) is 28.3 Å². The molecule has 5 atom stereocenters. The number of hydrogen-bond acceptors (Lipinski definition) is 11. The summed E-state index contributed by atoms with van der Waals surface area (Å²) in [4.78, 5) is 13.1. The number of phenolic OH excluding ortho intramolecular Hbond substituents is 1. The average Bonchev–Trinajstić information content (AvgIpc) is 3.61. The van der Waals surface area contributed by atoms with Crippen molar-refractivity contribution in [3.63, 3.8) is 0 Å². The molecule has 0 amide bonds. The van der Waals surface area contributed by atoms with Gasteiger partial charge in [0.05, 0.1) is 50.4 Å². The van der Waals surface area contributed by atoms with Crippen molar-refractivity contribution >= 4 is 16.6 Å². The van der Waals surface area contributed by atoms with Crippen molar-refractivity contribution < 1.29 is 48.5 Å². The number of fused-ring (bicyclic) bond motifs is 8. The molecule has 4 heterocycles. The smallest absolute Gasteiger partial charge is 0.277 e. The van der Waals surface area contributed by atoms with Crippen LogP contribution in [0.2, 0.25) is 0 Å². The Morgan fingerprint density at radius 1 is 1.20 bits per heavy atom. The molecular weight excluding hydrogens is 522 g/mol. The normalized spacial score (nSPS) is 33.0. The zero-order valence-corrected chi connectivity index (χ0v) is 22.7. The molecule has 11 heteroatoms. The number of aliphatic hydroxyl groups excluding tert-OH is 2. The van der Waals surface area contributed by atoms with Crippen LogP contribution in [0.1, 0.15) is 58.8 Å². The molecule has 3 unspecified atom stereocenters. The number of Topliss-reactive ketones (excluding diaryl/α,β-unsaturated/α-hetero) is 1. The van der Waals surface area contributed by atoms with Gasteiger partial charge in [-0.05, 0) is 50.8 Å². The summed E-state index contributed by atoms with van der Waals surface area (Å²) in [7, 11) is 1.56. The molecular formula is C29H35NO10. The fraction of sp³-hybridized carbons (Fsp3) is 0.621. The van der Waals surface area contributed by atoms with Crippen molar-refractivity contribution in [1.29, 1.82) is 0 Å². The van der Waals surface area contributed by atoms with E-state index in [1.165, 1.54) is 0 Å². The molecule has 0 saturated carbocycles. The van der Waals surface area contributed by atoms with Crippen molar-refractivity contribution in [2.75, 3.05) is 40.1 Å². The maximum atomic E-state index is 13.1. The summed E-state index contributed by atoms with van der Waals surface area (Å²) in [6.07, 6.45) is 1.54. The summed E-state index contributed by atoms with van der Waals surface area (Å²) in [5.74, 6) is -3.26. The molecule has 1 aliphatic carbocycles. The van der Waals surface area contributed by atoms with Crippen LogP contribution >= 0.6 is 0 Å². The minimum Gasteiger partial charge on any atom is -0.506 e. The third kappa shape index (κ3) is 3.01. The number of hydrogen-bond donors (Lipinski definition) is 4. The Hall–Kier alpha value is -2.51. The van der Waals surface area contributed by atoms with Crippen molar-refractivity contribution in [3.8, 4) is 17.2 Å². The van der Waals surface area contributed by atoms with Crippen LogP contribution < -0.4 is 15.2 Å². The molecule has 5 N–H and O–H groups in total. The van der Waals surface area contributed by atoms with Crippen LogP contribution in [-0.2, 0) is 25.4 Å². The van der Waals surface area contributed by atoms with Gasteiger partial charge in [-0.15, -0.1) is 0 Å². The molecule has 7 rings (SSSR count). The first-order valence-corrected chi connectivity index (χ1v) is 14.0. The van der Waals surface area contributed by atoms with E-state index in [1.54, 1.807) is 7.11 Å². The van der Waals surface area contributed by atoms with E-state index in [4.69, 9.17) is 34.2 Å². The van der Waals surface area contributed by atoms with Gasteiger partial charge in [0.25, 0.3) is 5.79 Å². The van der Waals surface area contributed by atoms with E-state index in [2.05, 4.69) is 0 Å². The highest BCUT2D eigenvalue weighted by atomic mass is 16.9. The van der Waals surface area contributed by atoms with Gasteiger partial charge in [0, 0.05) is 22.9 Å². The highest BCUT2D eigenvalue weighted by Crippen LogP contribution is 2.72. The summed E-state index contributed by atoms with van der Waals surface area (Å²) in [6.45, 7) is 2.06. The predicted molar refractivity (Wildman–Crippen MR) is 140 cm³/mol. The molecule has 216 valence electrons. The lowest BCUT2D eigenvalue weighted by Gasteiger charge is -2.50. The lowest BCUT2D eigenvalue weighted by atomic mass is 9.75. The second-order valence-corrected chi connectivity index (χ2v) is 11.4. The van der Waals surface area contributed by atoms with Gasteiger partial charge >= 0.3 is 0 Å². The minimum atomic E-state index is -1.51. The van der Waals surface area contributed by atoms with Gasteiger partial charge < -0.3 is 49.5 Å². The second-order valence-electron chi connectivity index (χ2n) is 11.4. The van der Waals surface area contributed by atoms with E-state index in [0.717, 1.165) is 12.0 Å². The van der Waals surface area contributed by atoms with Crippen molar-refractivity contribution in [2.24, 2.45) is 11.7 Å². The second kappa shape index (κ2) is 8.99. The molecule has 5 aliphatic rings. The van der Waals surface area contributed by atoms with Gasteiger partial charge in [-0.25, -0.2) is 0 Å².